The van der Waals surface area contributed by atoms with Crippen LogP contribution in [-0.2, 0) is 16.2 Å². The fraction of sp³-hybridized carbons (Fsp3) is 0.455. The van der Waals surface area contributed by atoms with Gasteiger partial charge in [0.2, 0.25) is 10.0 Å². The summed E-state index contributed by atoms with van der Waals surface area (Å²) in [5.74, 6) is -1.25. The number of benzene rings is 1. The van der Waals surface area contributed by atoms with Crippen LogP contribution in [0.2, 0.25) is 0 Å². The first-order valence-electron chi connectivity index (χ1n) is 5.67. The molecular weight excluding hydrogens is 302 g/mol. The Morgan fingerprint density at radius 2 is 1.95 bits per heavy atom. The van der Waals surface area contributed by atoms with Crippen molar-refractivity contribution in [1.82, 2.24) is 4.31 Å². The van der Waals surface area contributed by atoms with Gasteiger partial charge in [0, 0.05) is 13.1 Å². The number of hydrogen-bond donors (Lipinski definition) is 1. The Morgan fingerprint density at radius 1 is 1.30 bits per heavy atom. The first-order valence-corrected chi connectivity index (χ1v) is 7.11. The third kappa shape index (κ3) is 2.79. The van der Waals surface area contributed by atoms with E-state index in [1.54, 1.807) is 0 Å². The Bertz CT molecular complexity index is 615. The van der Waals surface area contributed by atoms with Gasteiger partial charge in [-0.2, -0.15) is 17.5 Å². The molecule has 2 rings (SSSR count). The van der Waals surface area contributed by atoms with Gasteiger partial charge in [-0.15, -0.1) is 0 Å². The molecule has 0 spiro atoms. The van der Waals surface area contributed by atoms with Crippen LogP contribution in [0.3, 0.4) is 0 Å². The molecule has 0 saturated carbocycles. The van der Waals surface area contributed by atoms with E-state index >= 15 is 0 Å². The molecule has 1 aliphatic heterocycles. The van der Waals surface area contributed by atoms with Gasteiger partial charge in [0.15, 0.2) is 0 Å². The molecule has 1 saturated heterocycles. The lowest BCUT2D eigenvalue weighted by molar-refractivity contribution is -0.137. The number of nitrogens with zero attached hydrogens (tertiary/aromatic N) is 1. The van der Waals surface area contributed by atoms with Gasteiger partial charge >= 0.3 is 6.18 Å². The minimum Gasteiger partial charge on any atom is -0.392 e. The quantitative estimate of drug-likeness (QED) is 0.844. The third-order valence-electron chi connectivity index (χ3n) is 3.00. The molecule has 1 atom stereocenters. The van der Waals surface area contributed by atoms with Crippen molar-refractivity contribution in [2.75, 3.05) is 13.1 Å². The first-order chi connectivity index (χ1) is 9.12. The molecule has 0 amide bonds. The average molecular weight is 313 g/mol. The molecule has 20 heavy (non-hydrogen) atoms. The van der Waals surface area contributed by atoms with Crippen LogP contribution in [0.25, 0.3) is 0 Å². The van der Waals surface area contributed by atoms with Gasteiger partial charge in [-0.25, -0.2) is 12.8 Å². The van der Waals surface area contributed by atoms with E-state index in [2.05, 4.69) is 0 Å². The molecule has 1 fully saturated rings. The monoisotopic (exact) mass is 313 g/mol. The molecule has 0 aliphatic carbocycles. The van der Waals surface area contributed by atoms with Crippen LogP contribution in [0.4, 0.5) is 17.6 Å². The number of aliphatic hydroxyl groups excluding tert-OH is 1. The van der Waals surface area contributed by atoms with Crippen LogP contribution < -0.4 is 0 Å². The summed E-state index contributed by atoms with van der Waals surface area (Å²) < 4.78 is 76.2. The van der Waals surface area contributed by atoms with E-state index in [1.165, 1.54) is 0 Å². The summed E-state index contributed by atoms with van der Waals surface area (Å²) in [6, 6.07) is 1.23. The van der Waals surface area contributed by atoms with Gasteiger partial charge in [-0.3, -0.25) is 0 Å². The zero-order valence-corrected chi connectivity index (χ0v) is 10.9. The summed E-state index contributed by atoms with van der Waals surface area (Å²) in [7, 11) is -4.39. The van der Waals surface area contributed by atoms with Crippen LogP contribution in [0.5, 0.6) is 0 Å². The predicted octanol–water partition coefficient (Wildman–Crippen LogP) is 1.60. The van der Waals surface area contributed by atoms with E-state index in [0.29, 0.717) is 12.1 Å². The summed E-state index contributed by atoms with van der Waals surface area (Å²) in [5.41, 5.74) is -1.24. The maximum Gasteiger partial charge on any atom is 0.416 e. The van der Waals surface area contributed by atoms with Crippen molar-refractivity contribution >= 4 is 10.0 Å². The van der Waals surface area contributed by atoms with Crippen molar-refractivity contribution in [3.8, 4) is 0 Å². The summed E-state index contributed by atoms with van der Waals surface area (Å²) in [6.45, 7) is -0.308. The van der Waals surface area contributed by atoms with Crippen molar-refractivity contribution in [2.45, 2.75) is 23.6 Å². The van der Waals surface area contributed by atoms with Gasteiger partial charge in [0.1, 0.15) is 10.7 Å². The largest absolute Gasteiger partial charge is 0.416 e. The normalized spacial score (nSPS) is 21.4. The molecule has 0 unspecified atom stereocenters. The molecule has 1 heterocycles. The number of hydrogen-bond acceptors (Lipinski definition) is 3. The highest BCUT2D eigenvalue weighted by Gasteiger charge is 2.37. The molecular formula is C11H11F4NO3S. The van der Waals surface area contributed by atoms with Crippen molar-refractivity contribution < 1.29 is 31.1 Å². The number of halogens is 4. The molecule has 0 radical (unpaired) electrons. The highest BCUT2D eigenvalue weighted by atomic mass is 32.2. The third-order valence-corrected chi connectivity index (χ3v) is 4.88. The Labute approximate surface area is 112 Å². The smallest absolute Gasteiger partial charge is 0.392 e. The van der Waals surface area contributed by atoms with Crippen molar-refractivity contribution in [2.24, 2.45) is 0 Å². The number of sulfonamides is 1. The van der Waals surface area contributed by atoms with Gasteiger partial charge in [-0.05, 0) is 24.6 Å². The molecule has 4 nitrogen and oxygen atoms in total. The predicted molar refractivity (Wildman–Crippen MR) is 60.8 cm³/mol. The minimum absolute atomic E-state index is 0.0564. The zero-order chi connectivity index (χ0) is 15.1. The van der Waals surface area contributed by atoms with Crippen LogP contribution >= 0.6 is 0 Å². The minimum atomic E-state index is -4.76. The number of rotatable bonds is 2. The molecule has 112 valence electrons. The maximum absolute atomic E-state index is 13.6. The fourth-order valence-electron chi connectivity index (χ4n) is 1.95. The second-order valence-corrected chi connectivity index (χ2v) is 6.35. The Kier molecular flexibility index (Phi) is 3.78. The van der Waals surface area contributed by atoms with Crippen LogP contribution in [0.1, 0.15) is 12.0 Å². The van der Waals surface area contributed by atoms with E-state index in [1.807, 2.05) is 0 Å². The summed E-state index contributed by atoms with van der Waals surface area (Å²) in [6.07, 6.45) is -5.49. The lowest BCUT2D eigenvalue weighted by atomic mass is 10.2. The maximum atomic E-state index is 13.6. The highest BCUT2D eigenvalue weighted by molar-refractivity contribution is 7.89. The number of aliphatic hydroxyl groups is 1. The second kappa shape index (κ2) is 4.97. The SMILES string of the molecule is O=S(=O)(c1cc(C(F)(F)F)ccc1F)N1CC[C@H](O)C1. The van der Waals surface area contributed by atoms with Crippen molar-refractivity contribution in [1.29, 1.82) is 0 Å². The van der Waals surface area contributed by atoms with Gasteiger partial charge < -0.3 is 5.11 Å². The van der Waals surface area contributed by atoms with E-state index < -0.39 is 38.6 Å². The Morgan fingerprint density at radius 3 is 2.45 bits per heavy atom. The summed E-state index contributed by atoms with van der Waals surface area (Å²) in [5, 5.41) is 9.28. The topological polar surface area (TPSA) is 57.6 Å². The lowest BCUT2D eigenvalue weighted by Gasteiger charge is -2.17. The summed E-state index contributed by atoms with van der Waals surface area (Å²) >= 11 is 0. The van der Waals surface area contributed by atoms with Crippen molar-refractivity contribution in [3.05, 3.63) is 29.6 Å². The Balaban J connectivity index is 2.46. The second-order valence-electron chi connectivity index (χ2n) is 4.45. The van der Waals surface area contributed by atoms with Gasteiger partial charge in [0.25, 0.3) is 0 Å². The first kappa shape index (κ1) is 15.2. The number of β-amino-alcohol motifs (C(OH)–C–C–N with tert-alkyl or cyclic N) is 1. The Hall–Kier alpha value is -1.19. The van der Waals surface area contributed by atoms with E-state index in [9.17, 15) is 31.1 Å². The molecule has 1 aromatic rings. The van der Waals surface area contributed by atoms with Crippen molar-refractivity contribution in [3.63, 3.8) is 0 Å². The van der Waals surface area contributed by atoms with Crippen LogP contribution in [-0.4, -0.2) is 37.0 Å². The lowest BCUT2D eigenvalue weighted by Crippen LogP contribution is -2.30. The molecule has 0 bridgehead atoms. The van der Waals surface area contributed by atoms with E-state index in [-0.39, 0.29) is 25.6 Å². The van der Waals surface area contributed by atoms with E-state index in [0.717, 1.165) is 4.31 Å². The standard InChI is InChI=1S/C11H11F4NO3S/c12-9-2-1-7(11(13,14)15)5-10(9)20(18,19)16-4-3-8(17)6-16/h1-2,5,8,17H,3-4,6H2/t8-/m0/s1. The van der Waals surface area contributed by atoms with Gasteiger partial charge in [-0.1, -0.05) is 0 Å². The molecule has 9 heteroatoms. The number of alkyl halides is 3. The van der Waals surface area contributed by atoms with E-state index in [4.69, 9.17) is 0 Å². The molecule has 1 aromatic carbocycles. The average Bonchev–Trinajstić information content (AvgIpc) is 2.75. The molecule has 0 aromatic heterocycles. The van der Waals surface area contributed by atoms with Gasteiger partial charge in [0.05, 0.1) is 11.7 Å². The van der Waals surface area contributed by atoms with Crippen LogP contribution in [0.15, 0.2) is 23.1 Å². The fourth-order valence-corrected chi connectivity index (χ4v) is 3.53. The molecule has 1 N–H and O–H groups in total. The van der Waals surface area contributed by atoms with Crippen LogP contribution in [0, 0.1) is 5.82 Å². The summed E-state index contributed by atoms with van der Waals surface area (Å²) in [4.78, 5) is -1.03. The molecule has 1 aliphatic rings. The highest BCUT2D eigenvalue weighted by Crippen LogP contribution is 2.32. The zero-order valence-electron chi connectivity index (χ0n) is 10.1.